The summed E-state index contributed by atoms with van der Waals surface area (Å²) in [7, 11) is 0. The molecular formula is C12H16O2S. The summed E-state index contributed by atoms with van der Waals surface area (Å²) in [5.41, 5.74) is 1.26. The zero-order valence-corrected chi connectivity index (χ0v) is 9.67. The molecule has 0 aliphatic carbocycles. The van der Waals surface area contributed by atoms with Crippen molar-refractivity contribution < 1.29 is 9.90 Å². The lowest BCUT2D eigenvalue weighted by atomic mass is 10.2. The van der Waals surface area contributed by atoms with E-state index in [1.807, 2.05) is 25.1 Å². The molecule has 0 heterocycles. The fraction of sp³-hybridized carbons (Fsp3) is 0.417. The van der Waals surface area contributed by atoms with E-state index < -0.39 is 5.97 Å². The lowest BCUT2D eigenvalue weighted by Crippen LogP contribution is -2.08. The maximum atomic E-state index is 10.6. The molecule has 0 aliphatic rings. The van der Waals surface area contributed by atoms with Crippen molar-refractivity contribution in [3.8, 4) is 0 Å². The van der Waals surface area contributed by atoms with Crippen LogP contribution < -0.4 is 0 Å². The van der Waals surface area contributed by atoms with Crippen molar-refractivity contribution in [2.45, 2.75) is 30.8 Å². The smallest absolute Gasteiger partial charge is 0.304 e. The summed E-state index contributed by atoms with van der Waals surface area (Å²) in [5.74, 6) is 0.189. The standard InChI is InChI=1S/C12H16O2S/c1-2-11(8-12(13)14)15-9-10-6-4-3-5-7-10/h3-7,11H,2,8-9H2,1H3,(H,13,14). The topological polar surface area (TPSA) is 37.3 Å². The van der Waals surface area contributed by atoms with E-state index in [1.54, 1.807) is 11.8 Å². The van der Waals surface area contributed by atoms with Crippen LogP contribution in [0.3, 0.4) is 0 Å². The highest BCUT2D eigenvalue weighted by Gasteiger charge is 2.11. The minimum absolute atomic E-state index is 0.225. The molecule has 0 saturated carbocycles. The first-order valence-electron chi connectivity index (χ1n) is 5.09. The number of hydrogen-bond acceptors (Lipinski definition) is 2. The third-order valence-corrected chi connectivity index (χ3v) is 3.66. The van der Waals surface area contributed by atoms with Crippen LogP contribution in [0, 0.1) is 0 Å². The Labute approximate surface area is 94.7 Å². The maximum Gasteiger partial charge on any atom is 0.304 e. The number of rotatable bonds is 6. The highest BCUT2D eigenvalue weighted by Crippen LogP contribution is 2.22. The third-order valence-electron chi connectivity index (χ3n) is 2.19. The molecule has 0 saturated heterocycles. The molecule has 1 aromatic rings. The molecule has 1 atom stereocenters. The van der Waals surface area contributed by atoms with E-state index in [1.165, 1.54) is 5.56 Å². The van der Waals surface area contributed by atoms with Gasteiger partial charge in [0.15, 0.2) is 0 Å². The number of carboxylic acid groups (broad SMARTS) is 1. The Morgan fingerprint density at radius 1 is 1.40 bits per heavy atom. The first kappa shape index (κ1) is 12.1. The summed E-state index contributed by atoms with van der Waals surface area (Å²) >= 11 is 1.72. The van der Waals surface area contributed by atoms with Crippen LogP contribution in [-0.2, 0) is 10.5 Å². The van der Waals surface area contributed by atoms with Gasteiger partial charge in [-0.1, -0.05) is 37.3 Å². The van der Waals surface area contributed by atoms with E-state index in [4.69, 9.17) is 5.11 Å². The zero-order chi connectivity index (χ0) is 11.1. The molecule has 0 spiro atoms. The van der Waals surface area contributed by atoms with Crippen LogP contribution in [0.25, 0.3) is 0 Å². The van der Waals surface area contributed by atoms with Gasteiger partial charge in [0.05, 0.1) is 6.42 Å². The van der Waals surface area contributed by atoms with Crippen molar-refractivity contribution in [1.82, 2.24) is 0 Å². The first-order chi connectivity index (χ1) is 7.22. The van der Waals surface area contributed by atoms with Crippen molar-refractivity contribution in [2.24, 2.45) is 0 Å². The molecule has 1 aromatic carbocycles. The van der Waals surface area contributed by atoms with Gasteiger partial charge >= 0.3 is 5.97 Å². The number of carbonyl (C=O) groups is 1. The van der Waals surface area contributed by atoms with Gasteiger partial charge in [-0.25, -0.2) is 0 Å². The molecule has 0 amide bonds. The fourth-order valence-electron chi connectivity index (χ4n) is 1.30. The van der Waals surface area contributed by atoms with Gasteiger partial charge in [0.1, 0.15) is 0 Å². The Bertz CT molecular complexity index is 298. The summed E-state index contributed by atoms with van der Waals surface area (Å²) in [6, 6.07) is 10.1. The van der Waals surface area contributed by atoms with Gasteiger partial charge in [0.2, 0.25) is 0 Å². The SMILES string of the molecule is CCC(CC(=O)O)SCc1ccccc1. The van der Waals surface area contributed by atoms with Gasteiger partial charge in [0.25, 0.3) is 0 Å². The van der Waals surface area contributed by atoms with Crippen molar-refractivity contribution in [1.29, 1.82) is 0 Å². The van der Waals surface area contributed by atoms with Gasteiger partial charge in [-0.3, -0.25) is 4.79 Å². The highest BCUT2D eigenvalue weighted by atomic mass is 32.2. The maximum absolute atomic E-state index is 10.6. The van der Waals surface area contributed by atoms with Crippen LogP contribution in [0.15, 0.2) is 30.3 Å². The predicted octanol–water partition coefficient (Wildman–Crippen LogP) is 3.17. The zero-order valence-electron chi connectivity index (χ0n) is 8.85. The molecule has 0 aliphatic heterocycles. The summed E-state index contributed by atoms with van der Waals surface area (Å²) < 4.78 is 0. The second-order valence-corrected chi connectivity index (χ2v) is 4.71. The Morgan fingerprint density at radius 3 is 2.60 bits per heavy atom. The largest absolute Gasteiger partial charge is 0.481 e. The second-order valence-electron chi connectivity index (χ2n) is 3.42. The van der Waals surface area contributed by atoms with Crippen molar-refractivity contribution >= 4 is 17.7 Å². The van der Waals surface area contributed by atoms with Crippen LogP contribution in [0.5, 0.6) is 0 Å². The molecule has 1 N–H and O–H groups in total. The van der Waals surface area contributed by atoms with E-state index in [-0.39, 0.29) is 11.7 Å². The van der Waals surface area contributed by atoms with Gasteiger partial charge in [0, 0.05) is 11.0 Å². The summed E-state index contributed by atoms with van der Waals surface area (Å²) in [6.45, 7) is 2.03. The van der Waals surface area contributed by atoms with E-state index in [2.05, 4.69) is 12.1 Å². The number of carboxylic acids is 1. The normalized spacial score (nSPS) is 12.3. The van der Waals surface area contributed by atoms with Crippen LogP contribution in [-0.4, -0.2) is 16.3 Å². The van der Waals surface area contributed by atoms with Crippen molar-refractivity contribution in [2.75, 3.05) is 0 Å². The highest BCUT2D eigenvalue weighted by molar-refractivity contribution is 7.99. The van der Waals surface area contributed by atoms with Crippen LogP contribution in [0.1, 0.15) is 25.3 Å². The predicted molar refractivity (Wildman–Crippen MR) is 64.1 cm³/mol. The molecule has 1 unspecified atom stereocenters. The van der Waals surface area contributed by atoms with Gasteiger partial charge in [-0.2, -0.15) is 11.8 Å². The van der Waals surface area contributed by atoms with Crippen molar-refractivity contribution in [3.05, 3.63) is 35.9 Å². The fourth-order valence-corrected chi connectivity index (χ4v) is 2.42. The minimum atomic E-state index is -0.706. The van der Waals surface area contributed by atoms with Gasteiger partial charge in [-0.15, -0.1) is 0 Å². The molecule has 15 heavy (non-hydrogen) atoms. The lowest BCUT2D eigenvalue weighted by Gasteiger charge is -2.11. The molecule has 1 rings (SSSR count). The molecule has 0 bridgehead atoms. The molecule has 0 fully saturated rings. The molecular weight excluding hydrogens is 208 g/mol. The van der Waals surface area contributed by atoms with E-state index in [9.17, 15) is 4.79 Å². The summed E-state index contributed by atoms with van der Waals surface area (Å²) in [5, 5.41) is 8.92. The quantitative estimate of drug-likeness (QED) is 0.806. The summed E-state index contributed by atoms with van der Waals surface area (Å²) in [4.78, 5) is 10.6. The second kappa shape index (κ2) is 6.51. The van der Waals surface area contributed by atoms with E-state index in [0.29, 0.717) is 0 Å². The molecule has 0 radical (unpaired) electrons. The lowest BCUT2D eigenvalue weighted by molar-refractivity contribution is -0.136. The van der Waals surface area contributed by atoms with Crippen molar-refractivity contribution in [3.63, 3.8) is 0 Å². The van der Waals surface area contributed by atoms with Gasteiger partial charge in [-0.05, 0) is 12.0 Å². The van der Waals surface area contributed by atoms with E-state index >= 15 is 0 Å². The summed E-state index contributed by atoms with van der Waals surface area (Å²) in [6.07, 6.45) is 1.16. The number of benzene rings is 1. The number of aliphatic carboxylic acids is 1. The Hall–Kier alpha value is -0.960. The monoisotopic (exact) mass is 224 g/mol. The molecule has 2 nitrogen and oxygen atoms in total. The minimum Gasteiger partial charge on any atom is -0.481 e. The average Bonchev–Trinajstić information content (AvgIpc) is 2.25. The Kier molecular flexibility index (Phi) is 5.26. The number of thioether (sulfide) groups is 1. The molecule has 3 heteroatoms. The van der Waals surface area contributed by atoms with Gasteiger partial charge < -0.3 is 5.11 Å². The molecule has 0 aromatic heterocycles. The van der Waals surface area contributed by atoms with Crippen LogP contribution in [0.4, 0.5) is 0 Å². The Balaban J connectivity index is 2.37. The van der Waals surface area contributed by atoms with E-state index in [0.717, 1.165) is 12.2 Å². The number of hydrogen-bond donors (Lipinski definition) is 1. The first-order valence-corrected chi connectivity index (χ1v) is 6.14. The van der Waals surface area contributed by atoms with Crippen LogP contribution in [0.2, 0.25) is 0 Å². The third kappa shape index (κ3) is 4.88. The van der Waals surface area contributed by atoms with Crippen LogP contribution >= 0.6 is 11.8 Å². The molecule has 82 valence electrons. The Morgan fingerprint density at radius 2 is 2.07 bits per heavy atom. The average molecular weight is 224 g/mol.